The van der Waals surface area contributed by atoms with Gasteiger partial charge in [0.05, 0.1) is 6.04 Å². The summed E-state index contributed by atoms with van der Waals surface area (Å²) in [6.07, 6.45) is 1.29. The van der Waals surface area contributed by atoms with Gasteiger partial charge in [0.25, 0.3) is 0 Å². The number of carbonyl (C=O) groups excluding carboxylic acids is 3. The van der Waals surface area contributed by atoms with Crippen molar-refractivity contribution in [3.8, 4) is 0 Å². The largest absolute Gasteiger partial charge is 0.480 e. The molecule has 4 unspecified atom stereocenters. The van der Waals surface area contributed by atoms with Gasteiger partial charge in [-0.05, 0) is 30.7 Å². The second-order valence-electron chi connectivity index (χ2n) is 8.30. The molecule has 1 fully saturated rings. The van der Waals surface area contributed by atoms with Crippen molar-refractivity contribution in [2.24, 2.45) is 11.7 Å². The Kier molecular flexibility index (Phi) is 9.52. The molecule has 1 heterocycles. The van der Waals surface area contributed by atoms with Crippen molar-refractivity contribution in [2.45, 2.75) is 57.3 Å². The molecule has 1 aliphatic heterocycles. The highest BCUT2D eigenvalue weighted by molar-refractivity contribution is 7.80. The van der Waals surface area contributed by atoms with Gasteiger partial charge in [-0.15, -0.1) is 0 Å². The van der Waals surface area contributed by atoms with Gasteiger partial charge in [-0.3, -0.25) is 14.4 Å². The molecule has 10 heteroatoms. The number of nitrogens with one attached hydrogen (secondary N) is 2. The normalized spacial score (nSPS) is 18.7. The molecule has 32 heavy (non-hydrogen) atoms. The maximum atomic E-state index is 13.0. The number of nitrogens with zero attached hydrogens (tertiary/aromatic N) is 1. The highest BCUT2D eigenvalue weighted by Crippen LogP contribution is 2.20. The van der Waals surface area contributed by atoms with Gasteiger partial charge in [0, 0.05) is 12.3 Å². The molecule has 1 saturated heterocycles. The molecule has 3 amide bonds. The van der Waals surface area contributed by atoms with E-state index in [1.807, 2.05) is 30.3 Å². The number of aliphatic carboxylic acids is 1. The lowest BCUT2D eigenvalue weighted by Gasteiger charge is -2.30. The summed E-state index contributed by atoms with van der Waals surface area (Å²) in [5.41, 5.74) is 6.89. The average Bonchev–Trinajstić information content (AvgIpc) is 3.25. The Morgan fingerprint density at radius 1 is 1.16 bits per heavy atom. The molecule has 9 nitrogen and oxygen atoms in total. The lowest BCUT2D eigenvalue weighted by atomic mass is 10.0. The van der Waals surface area contributed by atoms with E-state index in [9.17, 15) is 24.3 Å². The maximum absolute atomic E-state index is 13.0. The highest BCUT2D eigenvalue weighted by atomic mass is 32.1. The number of rotatable bonds is 10. The van der Waals surface area contributed by atoms with Gasteiger partial charge in [0.15, 0.2) is 0 Å². The standard InChI is InChI=1S/C22H32N4O5S/c1-13(2)18(21(29)26-10-6-9-17(26)22(30)31)25-20(28)16(12-32)24-19(27)15(23)11-14-7-4-3-5-8-14/h3-5,7-8,13,15-18,32H,6,9-12,23H2,1-2H3,(H,24,27)(H,25,28)(H,30,31). The third kappa shape index (κ3) is 6.70. The van der Waals surface area contributed by atoms with E-state index in [0.29, 0.717) is 25.8 Å². The number of thiol groups is 1. The first-order valence-corrected chi connectivity index (χ1v) is 11.3. The Labute approximate surface area is 193 Å². The topological polar surface area (TPSA) is 142 Å². The Hall–Kier alpha value is -2.59. The van der Waals surface area contributed by atoms with Crippen molar-refractivity contribution in [3.63, 3.8) is 0 Å². The van der Waals surface area contributed by atoms with E-state index >= 15 is 0 Å². The van der Waals surface area contributed by atoms with Crippen LogP contribution in [0.25, 0.3) is 0 Å². The third-order valence-corrected chi connectivity index (χ3v) is 5.87. The molecule has 0 radical (unpaired) electrons. The van der Waals surface area contributed by atoms with Crippen LogP contribution in [0.3, 0.4) is 0 Å². The number of amides is 3. The van der Waals surface area contributed by atoms with Gasteiger partial charge >= 0.3 is 5.97 Å². The summed E-state index contributed by atoms with van der Waals surface area (Å²) >= 11 is 4.16. The number of hydrogen-bond acceptors (Lipinski definition) is 6. The van der Waals surface area contributed by atoms with Crippen LogP contribution in [0, 0.1) is 5.92 Å². The van der Waals surface area contributed by atoms with Crippen molar-refractivity contribution in [2.75, 3.05) is 12.3 Å². The molecule has 176 valence electrons. The first kappa shape index (κ1) is 25.7. The van der Waals surface area contributed by atoms with Crippen LogP contribution in [-0.2, 0) is 25.6 Å². The number of hydrogen-bond donors (Lipinski definition) is 5. The summed E-state index contributed by atoms with van der Waals surface area (Å²) in [5.74, 6) is -2.84. The summed E-state index contributed by atoms with van der Waals surface area (Å²) in [7, 11) is 0. The molecule has 5 N–H and O–H groups in total. The van der Waals surface area contributed by atoms with Gasteiger partial charge in [0.1, 0.15) is 18.1 Å². The summed E-state index contributed by atoms with van der Waals surface area (Å²) in [6.45, 7) is 3.85. The first-order chi connectivity index (χ1) is 15.1. The van der Waals surface area contributed by atoms with E-state index < -0.39 is 47.9 Å². The SMILES string of the molecule is CC(C)C(NC(=O)C(CS)NC(=O)C(N)Cc1ccccc1)C(=O)N1CCCC1C(=O)O. The number of nitrogens with two attached hydrogens (primary N) is 1. The predicted molar refractivity (Wildman–Crippen MR) is 123 cm³/mol. The minimum absolute atomic E-state index is 0.0100. The summed E-state index contributed by atoms with van der Waals surface area (Å²) in [5, 5.41) is 14.6. The van der Waals surface area contributed by atoms with Crippen LogP contribution in [-0.4, -0.2) is 70.2 Å². The van der Waals surface area contributed by atoms with Crippen LogP contribution >= 0.6 is 12.6 Å². The molecule has 0 saturated carbocycles. The summed E-state index contributed by atoms with van der Waals surface area (Å²) < 4.78 is 0. The molecule has 0 spiro atoms. The number of likely N-dealkylation sites (tertiary alicyclic amines) is 1. The van der Waals surface area contributed by atoms with Gasteiger partial charge < -0.3 is 26.4 Å². The number of carboxylic acid groups (broad SMARTS) is 1. The van der Waals surface area contributed by atoms with Crippen LogP contribution in [0.1, 0.15) is 32.3 Å². The van der Waals surface area contributed by atoms with E-state index in [-0.39, 0.29) is 11.7 Å². The monoisotopic (exact) mass is 464 g/mol. The second-order valence-corrected chi connectivity index (χ2v) is 8.66. The Bertz CT molecular complexity index is 820. The molecule has 0 aromatic heterocycles. The van der Waals surface area contributed by atoms with Crippen molar-refractivity contribution in [1.82, 2.24) is 15.5 Å². The van der Waals surface area contributed by atoms with Crippen LogP contribution in [0.2, 0.25) is 0 Å². The highest BCUT2D eigenvalue weighted by Gasteiger charge is 2.39. The van der Waals surface area contributed by atoms with Crippen molar-refractivity contribution >= 4 is 36.3 Å². The van der Waals surface area contributed by atoms with Gasteiger partial charge in [0.2, 0.25) is 17.7 Å². The Balaban J connectivity index is 2.01. The molecular weight excluding hydrogens is 432 g/mol. The molecule has 0 aliphatic carbocycles. The van der Waals surface area contributed by atoms with Gasteiger partial charge in [-0.1, -0.05) is 44.2 Å². The van der Waals surface area contributed by atoms with E-state index in [1.165, 1.54) is 4.90 Å². The molecule has 1 aromatic carbocycles. The fraction of sp³-hybridized carbons (Fsp3) is 0.545. The number of benzene rings is 1. The van der Waals surface area contributed by atoms with Crippen molar-refractivity contribution in [1.29, 1.82) is 0 Å². The molecule has 0 bridgehead atoms. The van der Waals surface area contributed by atoms with Crippen LogP contribution in [0.15, 0.2) is 30.3 Å². The Morgan fingerprint density at radius 3 is 2.38 bits per heavy atom. The van der Waals surface area contributed by atoms with Crippen LogP contribution < -0.4 is 16.4 Å². The van der Waals surface area contributed by atoms with Crippen LogP contribution in [0.5, 0.6) is 0 Å². The predicted octanol–water partition coefficient (Wildman–Crippen LogP) is 0.187. The zero-order chi connectivity index (χ0) is 23.8. The van der Waals surface area contributed by atoms with E-state index in [4.69, 9.17) is 5.73 Å². The fourth-order valence-electron chi connectivity index (χ4n) is 3.67. The van der Waals surface area contributed by atoms with Gasteiger partial charge in [-0.25, -0.2) is 4.79 Å². The Morgan fingerprint density at radius 2 is 1.81 bits per heavy atom. The molecule has 2 rings (SSSR count). The smallest absolute Gasteiger partial charge is 0.326 e. The zero-order valence-electron chi connectivity index (χ0n) is 18.4. The number of carbonyl (C=O) groups is 4. The second kappa shape index (κ2) is 11.9. The van der Waals surface area contributed by atoms with E-state index in [2.05, 4.69) is 23.3 Å². The molecular formula is C22H32N4O5S. The third-order valence-electron chi connectivity index (χ3n) is 5.50. The number of carboxylic acids is 1. The average molecular weight is 465 g/mol. The summed E-state index contributed by atoms with van der Waals surface area (Å²) in [4.78, 5) is 51.1. The first-order valence-electron chi connectivity index (χ1n) is 10.7. The molecule has 1 aromatic rings. The zero-order valence-corrected chi connectivity index (χ0v) is 19.3. The van der Waals surface area contributed by atoms with Crippen molar-refractivity contribution in [3.05, 3.63) is 35.9 Å². The quantitative estimate of drug-likeness (QED) is 0.313. The fourth-order valence-corrected chi connectivity index (χ4v) is 3.92. The van der Waals surface area contributed by atoms with Crippen molar-refractivity contribution < 1.29 is 24.3 Å². The van der Waals surface area contributed by atoms with Crippen LogP contribution in [0.4, 0.5) is 0 Å². The maximum Gasteiger partial charge on any atom is 0.326 e. The minimum atomic E-state index is -1.06. The molecule has 1 aliphatic rings. The van der Waals surface area contributed by atoms with Gasteiger partial charge in [-0.2, -0.15) is 12.6 Å². The lowest BCUT2D eigenvalue weighted by molar-refractivity contribution is -0.150. The van der Waals surface area contributed by atoms with E-state index in [1.54, 1.807) is 13.8 Å². The minimum Gasteiger partial charge on any atom is -0.480 e. The summed E-state index contributed by atoms with van der Waals surface area (Å²) in [6, 6.07) is 5.63. The lowest BCUT2D eigenvalue weighted by Crippen LogP contribution is -2.59. The van der Waals surface area contributed by atoms with E-state index in [0.717, 1.165) is 5.56 Å². The molecule has 4 atom stereocenters.